The van der Waals surface area contributed by atoms with Crippen LogP contribution in [0.5, 0.6) is 0 Å². The standard InChI is InChI=1S/C17H22N2O5/c20-15(12-4-1-2-5-13(12)17(22)23)18-7-9-19(10-8-18)16(21)14-6-3-11-24-14/h3,6,11-13H,1-2,4-5,7-10H2,(H,22,23)/p-1/t12-,13+/m1/s1. The number of piperazine rings is 1. The number of hydrogen-bond donors (Lipinski definition) is 0. The van der Waals surface area contributed by atoms with E-state index in [1.165, 1.54) is 6.26 Å². The maximum atomic E-state index is 12.7. The summed E-state index contributed by atoms with van der Waals surface area (Å²) in [7, 11) is 0. The van der Waals surface area contributed by atoms with E-state index in [0.29, 0.717) is 44.8 Å². The van der Waals surface area contributed by atoms with Crippen LogP contribution < -0.4 is 5.11 Å². The number of amides is 2. The van der Waals surface area contributed by atoms with Gasteiger partial charge >= 0.3 is 0 Å². The van der Waals surface area contributed by atoms with Crippen LogP contribution in [0.1, 0.15) is 36.2 Å². The van der Waals surface area contributed by atoms with Gasteiger partial charge in [0.05, 0.1) is 6.26 Å². The Kier molecular flexibility index (Phi) is 4.87. The quantitative estimate of drug-likeness (QED) is 0.783. The Labute approximate surface area is 140 Å². The van der Waals surface area contributed by atoms with Crippen molar-refractivity contribution in [1.82, 2.24) is 9.80 Å². The number of hydrogen-bond acceptors (Lipinski definition) is 5. The molecule has 2 amide bonds. The molecule has 2 fully saturated rings. The lowest BCUT2D eigenvalue weighted by Crippen LogP contribution is -2.54. The second-order valence-corrected chi connectivity index (χ2v) is 6.41. The zero-order valence-corrected chi connectivity index (χ0v) is 13.5. The van der Waals surface area contributed by atoms with Crippen molar-refractivity contribution in [2.45, 2.75) is 25.7 Å². The zero-order valence-electron chi connectivity index (χ0n) is 13.5. The highest BCUT2D eigenvalue weighted by Crippen LogP contribution is 2.31. The van der Waals surface area contributed by atoms with E-state index in [4.69, 9.17) is 4.42 Å². The Hall–Kier alpha value is -2.31. The molecule has 0 unspecified atom stereocenters. The minimum atomic E-state index is -1.13. The third kappa shape index (κ3) is 3.29. The van der Waals surface area contributed by atoms with Crippen molar-refractivity contribution in [3.8, 4) is 0 Å². The molecule has 2 aliphatic rings. The predicted molar refractivity (Wildman–Crippen MR) is 81.6 cm³/mol. The van der Waals surface area contributed by atoms with Crippen LogP contribution in [-0.4, -0.2) is 53.8 Å². The van der Waals surface area contributed by atoms with Gasteiger partial charge in [-0.1, -0.05) is 12.8 Å². The van der Waals surface area contributed by atoms with Crippen molar-refractivity contribution in [3.63, 3.8) is 0 Å². The Balaban J connectivity index is 1.58. The van der Waals surface area contributed by atoms with E-state index in [1.807, 2.05) is 0 Å². The van der Waals surface area contributed by atoms with E-state index in [1.54, 1.807) is 21.9 Å². The average Bonchev–Trinajstić information content (AvgIpc) is 3.15. The van der Waals surface area contributed by atoms with E-state index >= 15 is 0 Å². The van der Waals surface area contributed by atoms with Gasteiger partial charge in [0.2, 0.25) is 5.91 Å². The highest BCUT2D eigenvalue weighted by atomic mass is 16.4. The van der Waals surface area contributed by atoms with Gasteiger partial charge in [-0.2, -0.15) is 0 Å². The van der Waals surface area contributed by atoms with Gasteiger partial charge in [-0.25, -0.2) is 0 Å². The first-order valence-corrected chi connectivity index (χ1v) is 8.40. The molecule has 2 heterocycles. The number of carboxylic acids is 1. The molecular weight excluding hydrogens is 312 g/mol. The van der Waals surface area contributed by atoms with Crippen molar-refractivity contribution in [2.24, 2.45) is 11.8 Å². The molecule has 130 valence electrons. The fourth-order valence-electron chi connectivity index (χ4n) is 3.63. The lowest BCUT2D eigenvalue weighted by Gasteiger charge is -2.39. The number of carbonyl (C=O) groups excluding carboxylic acids is 3. The van der Waals surface area contributed by atoms with Crippen molar-refractivity contribution >= 4 is 17.8 Å². The second-order valence-electron chi connectivity index (χ2n) is 6.41. The van der Waals surface area contributed by atoms with Gasteiger partial charge in [0.25, 0.3) is 5.91 Å². The molecule has 0 N–H and O–H groups in total. The minimum Gasteiger partial charge on any atom is -0.550 e. The molecule has 1 aromatic heterocycles. The molecule has 0 spiro atoms. The lowest BCUT2D eigenvalue weighted by atomic mass is 9.78. The van der Waals surface area contributed by atoms with Crippen LogP contribution in [-0.2, 0) is 9.59 Å². The fraction of sp³-hybridized carbons (Fsp3) is 0.588. The molecule has 2 atom stereocenters. The lowest BCUT2D eigenvalue weighted by molar-refractivity contribution is -0.314. The summed E-state index contributed by atoms with van der Waals surface area (Å²) in [6.07, 6.45) is 4.26. The molecule has 0 aromatic carbocycles. The van der Waals surface area contributed by atoms with Gasteiger partial charge in [0, 0.05) is 44.0 Å². The van der Waals surface area contributed by atoms with E-state index in [-0.39, 0.29) is 11.8 Å². The van der Waals surface area contributed by atoms with Crippen LogP contribution in [0, 0.1) is 11.8 Å². The molecule has 1 aliphatic carbocycles. The van der Waals surface area contributed by atoms with Crippen LogP contribution in [0.15, 0.2) is 22.8 Å². The van der Waals surface area contributed by atoms with E-state index in [2.05, 4.69) is 0 Å². The van der Waals surface area contributed by atoms with Gasteiger partial charge in [-0.3, -0.25) is 9.59 Å². The molecule has 7 heteroatoms. The maximum Gasteiger partial charge on any atom is 0.289 e. The molecule has 24 heavy (non-hydrogen) atoms. The predicted octanol–water partition coefficient (Wildman–Crippen LogP) is 0.120. The van der Waals surface area contributed by atoms with Gasteiger partial charge < -0.3 is 24.1 Å². The van der Waals surface area contributed by atoms with Crippen LogP contribution >= 0.6 is 0 Å². The zero-order chi connectivity index (χ0) is 17.1. The normalized spacial score (nSPS) is 24.7. The van der Waals surface area contributed by atoms with Crippen LogP contribution in [0.4, 0.5) is 0 Å². The average molecular weight is 333 g/mol. The molecule has 1 saturated carbocycles. The van der Waals surface area contributed by atoms with Crippen LogP contribution in [0.3, 0.4) is 0 Å². The molecule has 3 rings (SSSR count). The van der Waals surface area contributed by atoms with Crippen molar-refractivity contribution in [2.75, 3.05) is 26.2 Å². The molecular formula is C17H21N2O5-. The first-order valence-electron chi connectivity index (χ1n) is 8.40. The van der Waals surface area contributed by atoms with Gasteiger partial charge in [-0.05, 0) is 25.0 Å². The third-order valence-corrected chi connectivity index (χ3v) is 5.00. The number of carboxylic acid groups (broad SMARTS) is 1. The molecule has 0 radical (unpaired) electrons. The van der Waals surface area contributed by atoms with Crippen LogP contribution in [0.2, 0.25) is 0 Å². The second kappa shape index (κ2) is 7.07. The first kappa shape index (κ1) is 16.5. The Morgan fingerprint density at radius 1 is 1.00 bits per heavy atom. The SMILES string of the molecule is O=C([O-])[C@H]1CCCC[C@H]1C(=O)N1CCN(C(=O)c2ccco2)CC1. The van der Waals surface area contributed by atoms with Crippen molar-refractivity contribution in [1.29, 1.82) is 0 Å². The summed E-state index contributed by atoms with van der Waals surface area (Å²) in [5, 5.41) is 11.3. The monoisotopic (exact) mass is 333 g/mol. The largest absolute Gasteiger partial charge is 0.550 e. The molecule has 1 aromatic rings. The number of furan rings is 1. The topological polar surface area (TPSA) is 93.9 Å². The Morgan fingerprint density at radius 3 is 2.21 bits per heavy atom. The molecule has 0 bridgehead atoms. The number of rotatable bonds is 3. The summed E-state index contributed by atoms with van der Waals surface area (Å²) >= 11 is 0. The highest BCUT2D eigenvalue weighted by molar-refractivity contribution is 5.91. The number of carbonyl (C=O) groups is 3. The molecule has 7 nitrogen and oxygen atoms in total. The summed E-state index contributed by atoms with van der Waals surface area (Å²) in [4.78, 5) is 39.5. The van der Waals surface area contributed by atoms with E-state index in [9.17, 15) is 19.5 Å². The fourth-order valence-corrected chi connectivity index (χ4v) is 3.63. The van der Waals surface area contributed by atoms with Gasteiger partial charge in [0.1, 0.15) is 0 Å². The summed E-state index contributed by atoms with van der Waals surface area (Å²) in [6.45, 7) is 1.69. The summed E-state index contributed by atoms with van der Waals surface area (Å²) in [5.41, 5.74) is 0. The summed E-state index contributed by atoms with van der Waals surface area (Å²) in [6, 6.07) is 3.28. The molecule has 1 saturated heterocycles. The van der Waals surface area contributed by atoms with Crippen LogP contribution in [0.25, 0.3) is 0 Å². The Bertz CT molecular complexity index is 605. The molecule has 1 aliphatic heterocycles. The van der Waals surface area contributed by atoms with Crippen molar-refractivity contribution < 1.29 is 23.9 Å². The van der Waals surface area contributed by atoms with E-state index < -0.39 is 17.8 Å². The third-order valence-electron chi connectivity index (χ3n) is 5.00. The van der Waals surface area contributed by atoms with Gasteiger partial charge in [0.15, 0.2) is 5.76 Å². The Morgan fingerprint density at radius 2 is 1.62 bits per heavy atom. The van der Waals surface area contributed by atoms with Gasteiger partial charge in [-0.15, -0.1) is 0 Å². The number of nitrogens with zero attached hydrogens (tertiary/aromatic N) is 2. The highest BCUT2D eigenvalue weighted by Gasteiger charge is 2.36. The summed E-state index contributed by atoms with van der Waals surface area (Å²) in [5.74, 6) is -2.31. The smallest absolute Gasteiger partial charge is 0.289 e. The van der Waals surface area contributed by atoms with Crippen molar-refractivity contribution in [3.05, 3.63) is 24.2 Å². The van der Waals surface area contributed by atoms with E-state index in [0.717, 1.165) is 12.8 Å². The summed E-state index contributed by atoms with van der Waals surface area (Å²) < 4.78 is 5.11. The minimum absolute atomic E-state index is 0.117. The maximum absolute atomic E-state index is 12.7. The first-order chi connectivity index (χ1) is 11.6. The number of aliphatic carboxylic acids is 1.